The first-order valence-corrected chi connectivity index (χ1v) is 28.6. The number of nitrogens with zero attached hydrogens (tertiary/aromatic N) is 2. The monoisotopic (exact) mass is 1040 g/mol. The number of carbonyl (C=O) groups excluding carboxylic acids is 4. The number of benzene rings is 2. The van der Waals surface area contributed by atoms with Gasteiger partial charge in [-0.05, 0) is 113 Å². The van der Waals surface area contributed by atoms with Crippen LogP contribution in [-0.4, -0.2) is 118 Å². The van der Waals surface area contributed by atoms with E-state index < -0.39 is 89.7 Å². The van der Waals surface area contributed by atoms with Crippen LogP contribution in [0.5, 0.6) is 0 Å². The van der Waals surface area contributed by atoms with Gasteiger partial charge in [-0.3, -0.25) is 24.0 Å². The normalized spacial score (nSPS) is 32.5. The van der Waals surface area contributed by atoms with E-state index in [1.807, 2.05) is 30.3 Å². The molecule has 3 saturated carbocycles. The molecule has 7 aliphatic rings. The fourth-order valence-electron chi connectivity index (χ4n) is 13.9. The Morgan fingerprint density at radius 1 is 0.907 bits per heavy atom. The molecular weight excluding hydrogens is 951 g/mol. The number of hydrogen-bond donors (Lipinski definition) is 2. The molecule has 75 heavy (non-hydrogen) atoms. The lowest BCUT2D eigenvalue weighted by Crippen LogP contribution is -2.70. The number of aliphatic hydroxyl groups is 1. The Labute approximate surface area is 446 Å². The van der Waals surface area contributed by atoms with E-state index in [4.69, 9.17) is 28.5 Å². The molecule has 4 heterocycles. The van der Waals surface area contributed by atoms with Crippen LogP contribution in [0.25, 0.3) is 6.08 Å². The molecule has 0 radical (unpaired) electrons. The molecule has 14 heteroatoms. The Hall–Kier alpha value is -4.18. The molecule has 2 aromatic rings. The molecule has 9 rings (SSSR count). The Morgan fingerprint density at radius 2 is 1.60 bits per heavy atom. The van der Waals surface area contributed by atoms with Gasteiger partial charge in [-0.15, -0.1) is 0 Å². The molecule has 7 fully saturated rings. The summed E-state index contributed by atoms with van der Waals surface area (Å²) in [4.78, 5) is 67.0. The minimum Gasteiger partial charge on any atom is -0.460 e. The maximum atomic E-state index is 16.1. The molecule has 4 saturated heterocycles. The van der Waals surface area contributed by atoms with Gasteiger partial charge in [0.15, 0.2) is 11.8 Å². The van der Waals surface area contributed by atoms with Crippen molar-refractivity contribution in [2.75, 3.05) is 13.7 Å². The number of unbranched alkanes of at least 4 members (excludes halogenated alkanes) is 4. The lowest BCUT2D eigenvalue weighted by molar-refractivity contribution is -0.225. The van der Waals surface area contributed by atoms with E-state index in [1.54, 1.807) is 32.9 Å². The van der Waals surface area contributed by atoms with Crippen LogP contribution < -0.4 is 5.32 Å². The fraction of sp³-hybridized carbons (Fsp3) is 0.705. The van der Waals surface area contributed by atoms with Crippen LogP contribution in [0.3, 0.4) is 0 Å². The highest BCUT2D eigenvalue weighted by molar-refractivity contribution is 5.96. The van der Waals surface area contributed by atoms with E-state index in [9.17, 15) is 19.5 Å². The minimum absolute atomic E-state index is 0.0188. The first-order chi connectivity index (χ1) is 35.7. The Bertz CT molecular complexity index is 2380. The number of rotatable bonds is 21. The van der Waals surface area contributed by atoms with Gasteiger partial charge >= 0.3 is 11.9 Å². The molecule has 12 atom stereocenters. The zero-order valence-corrected chi connectivity index (χ0v) is 46.4. The van der Waals surface area contributed by atoms with Crippen LogP contribution in [0.4, 0.5) is 0 Å². The van der Waals surface area contributed by atoms with Gasteiger partial charge in [-0.25, -0.2) is 0 Å². The molecule has 3 aliphatic carbocycles. The van der Waals surface area contributed by atoms with Crippen LogP contribution in [0.1, 0.15) is 175 Å². The van der Waals surface area contributed by atoms with E-state index in [0.29, 0.717) is 36.2 Å². The van der Waals surface area contributed by atoms with Crippen molar-refractivity contribution in [2.45, 2.75) is 237 Å². The van der Waals surface area contributed by atoms with E-state index in [2.05, 4.69) is 70.3 Å². The number of esters is 2. The second kappa shape index (κ2) is 22.3. The summed E-state index contributed by atoms with van der Waals surface area (Å²) in [6.45, 7) is 16.6. The molecule has 412 valence electrons. The smallest absolute Gasteiger partial charge is 0.327 e. The van der Waals surface area contributed by atoms with Crippen molar-refractivity contribution in [2.24, 2.45) is 22.7 Å². The van der Waals surface area contributed by atoms with Crippen molar-refractivity contribution in [1.29, 1.82) is 0 Å². The number of fused-ring (bicyclic) bond motifs is 6. The molecule has 14 nitrogen and oxygen atoms in total. The Kier molecular flexibility index (Phi) is 16.5. The van der Waals surface area contributed by atoms with Gasteiger partial charge in [0, 0.05) is 39.2 Å². The first-order valence-electron chi connectivity index (χ1n) is 28.6. The summed E-state index contributed by atoms with van der Waals surface area (Å²) in [5, 5.41) is 15.1. The first kappa shape index (κ1) is 55.6. The number of carbonyl (C=O) groups is 4. The SMILES string of the molecule is CCCCCC1(CCCCC)O[C@@H]2[C@H](O1)[C@H]1ON(Cc3ccc(C=C4CCC5O[C@]5(C)CC[C@@H]5[C@@H]4CC5(C)C)cc3)[C@H]3C(=O)O[C@@H]2C[C@@]13C(=O)N(C)[C@H](Cc1ccccc1)C(=O)N[C@H](CO)CCC(=O)OC(C)(C)C. The van der Waals surface area contributed by atoms with E-state index in [0.717, 1.165) is 74.5 Å². The summed E-state index contributed by atoms with van der Waals surface area (Å²) in [5.41, 5.74) is 2.45. The zero-order chi connectivity index (χ0) is 53.5. The third kappa shape index (κ3) is 11.7. The lowest BCUT2D eigenvalue weighted by atomic mass is 9.52. The van der Waals surface area contributed by atoms with Gasteiger partial charge in [-0.1, -0.05) is 120 Å². The molecule has 2 amide bonds. The molecule has 0 spiro atoms. The van der Waals surface area contributed by atoms with E-state index in [1.165, 1.54) is 23.3 Å². The maximum Gasteiger partial charge on any atom is 0.327 e. The van der Waals surface area contributed by atoms with Crippen LogP contribution in [0.2, 0.25) is 0 Å². The van der Waals surface area contributed by atoms with Crippen LogP contribution in [0.15, 0.2) is 60.2 Å². The maximum absolute atomic E-state index is 16.1. The van der Waals surface area contributed by atoms with Gasteiger partial charge in [0.05, 0.1) is 30.9 Å². The van der Waals surface area contributed by atoms with Gasteiger partial charge in [0.1, 0.15) is 41.5 Å². The number of allylic oxidation sites excluding steroid dienone is 1. The highest BCUT2D eigenvalue weighted by Gasteiger charge is 2.77. The average Bonchev–Trinajstić information content (AvgIpc) is 3.76. The van der Waals surface area contributed by atoms with Crippen LogP contribution in [0, 0.1) is 22.7 Å². The molecule has 0 aromatic heterocycles. The van der Waals surface area contributed by atoms with Crippen molar-refractivity contribution >= 4 is 29.8 Å². The van der Waals surface area contributed by atoms with Crippen molar-refractivity contribution in [3.8, 4) is 0 Å². The quantitative estimate of drug-likeness (QED) is 0.0692. The van der Waals surface area contributed by atoms with Gasteiger partial charge in [-0.2, -0.15) is 5.06 Å². The molecule has 2 bridgehead atoms. The number of ether oxygens (including phenoxy) is 5. The summed E-state index contributed by atoms with van der Waals surface area (Å²) in [7, 11) is 1.61. The van der Waals surface area contributed by atoms with E-state index in [-0.39, 0.29) is 37.8 Å². The second-order valence-corrected chi connectivity index (χ2v) is 25.2. The number of amides is 2. The number of epoxide rings is 1. The predicted octanol–water partition coefficient (Wildman–Crippen LogP) is 9.57. The summed E-state index contributed by atoms with van der Waals surface area (Å²) < 4.78 is 32.4. The van der Waals surface area contributed by atoms with Gasteiger partial charge in [0.2, 0.25) is 11.8 Å². The average molecular weight is 1040 g/mol. The zero-order valence-electron chi connectivity index (χ0n) is 46.4. The second-order valence-electron chi connectivity index (χ2n) is 25.2. The standard InChI is InChI=1S/C61H87N3O11/c1-10-12-17-30-60(31-18-13-11-2)73-50-47-36-61(56(69)63(9)46(34-39-19-15-14-16-20-39)54(67)62-43(38-65)26-28-49(66)72-57(3,4)5)52(55(68)70-47)64(75-53(61)51(50)74-60)37-41-23-21-40(22-24-41)33-42-25-27-48-59(8,71-48)32-29-45-44(42)35-58(45,6)7/h14-16,19-24,33,43-48,50-53,65H,10-13,17-18,25-32,34-38H2,1-9H3,(H,62,67)/t43-,44+,45+,46+,47+,48?,50-,51-,52-,53+,59+,61-/m0/s1. The van der Waals surface area contributed by atoms with Crippen molar-refractivity contribution < 1.29 is 52.8 Å². The number of aliphatic hydroxyl groups excluding tert-OH is 1. The van der Waals surface area contributed by atoms with Gasteiger partial charge < -0.3 is 39.0 Å². The third-order valence-electron chi connectivity index (χ3n) is 18.1. The number of hydrogen-bond acceptors (Lipinski definition) is 12. The van der Waals surface area contributed by atoms with Crippen molar-refractivity contribution in [3.63, 3.8) is 0 Å². The van der Waals surface area contributed by atoms with E-state index >= 15 is 4.79 Å². The van der Waals surface area contributed by atoms with Crippen molar-refractivity contribution in [1.82, 2.24) is 15.3 Å². The Balaban J connectivity index is 1.02. The highest BCUT2D eigenvalue weighted by atomic mass is 16.8. The highest BCUT2D eigenvalue weighted by Crippen LogP contribution is 2.61. The number of hydroxylamine groups is 2. The summed E-state index contributed by atoms with van der Waals surface area (Å²) in [6, 6.07) is 14.9. The largest absolute Gasteiger partial charge is 0.460 e. The minimum atomic E-state index is -1.53. The Morgan fingerprint density at radius 3 is 2.25 bits per heavy atom. The molecule has 1 unspecified atom stereocenters. The van der Waals surface area contributed by atoms with Crippen LogP contribution >= 0.6 is 0 Å². The molecule has 2 aromatic carbocycles. The summed E-state index contributed by atoms with van der Waals surface area (Å²) in [5.74, 6) is -1.71. The summed E-state index contributed by atoms with van der Waals surface area (Å²) in [6.07, 6.45) is 12.6. The van der Waals surface area contributed by atoms with Crippen LogP contribution in [-0.2, 0) is 60.7 Å². The third-order valence-corrected chi connectivity index (χ3v) is 18.1. The molecule has 4 aliphatic heterocycles. The van der Waals surface area contributed by atoms with Crippen molar-refractivity contribution in [3.05, 3.63) is 76.9 Å². The number of nitrogens with one attached hydrogen (secondary N) is 1. The summed E-state index contributed by atoms with van der Waals surface area (Å²) >= 11 is 0. The predicted molar refractivity (Wildman–Crippen MR) is 284 cm³/mol. The molecular formula is C61H87N3O11. The topological polar surface area (TPSA) is 166 Å². The number of likely N-dealkylation sites (N-methyl/N-ethyl adjacent to an activating group) is 1. The lowest BCUT2D eigenvalue weighted by Gasteiger charge is -2.53. The van der Waals surface area contributed by atoms with Gasteiger partial charge in [0.25, 0.3) is 0 Å². The molecule has 2 N–H and O–H groups in total. The fourth-order valence-corrected chi connectivity index (χ4v) is 13.9.